The van der Waals surface area contributed by atoms with Crippen molar-refractivity contribution in [2.75, 3.05) is 12.8 Å². The number of rotatable bonds is 3. The lowest BCUT2D eigenvalue weighted by Gasteiger charge is -2.11. The number of nitrogens with zero attached hydrogens (tertiary/aromatic N) is 4. The van der Waals surface area contributed by atoms with Crippen LogP contribution in [-0.2, 0) is 6.42 Å². The molecule has 2 N–H and O–H groups in total. The van der Waals surface area contributed by atoms with Gasteiger partial charge in [-0.15, -0.1) is 10.2 Å². The average Bonchev–Trinajstić information content (AvgIpc) is 3.45. The summed E-state index contributed by atoms with van der Waals surface area (Å²) in [7, 11) is 1.68. The number of nitrogen functional groups attached to an aromatic ring is 1. The van der Waals surface area contributed by atoms with Crippen LogP contribution in [-0.4, -0.2) is 27.7 Å². The molecule has 1 saturated carbocycles. The highest BCUT2D eigenvalue weighted by Gasteiger charge is 2.32. The highest BCUT2D eigenvalue weighted by Crippen LogP contribution is 2.40. The van der Waals surface area contributed by atoms with E-state index in [1.807, 2.05) is 41.1 Å². The molecule has 26 heavy (non-hydrogen) atoms. The van der Waals surface area contributed by atoms with Crippen molar-refractivity contribution in [1.29, 1.82) is 0 Å². The molecule has 5 rings (SSSR count). The van der Waals surface area contributed by atoms with Gasteiger partial charge in [-0.3, -0.25) is 0 Å². The minimum atomic E-state index is 0.475. The highest BCUT2D eigenvalue weighted by molar-refractivity contribution is 6.14. The van der Waals surface area contributed by atoms with E-state index in [0.29, 0.717) is 12.3 Å². The van der Waals surface area contributed by atoms with Crippen molar-refractivity contribution >= 4 is 11.4 Å². The third-order valence-electron chi connectivity index (χ3n) is 4.98. The lowest BCUT2D eigenvalue weighted by molar-refractivity contribution is 0.414. The SMILES string of the molecule is COc1ccc2c(c1)C(c1ccc(N)cc1)=Nn1c(nnc1C1CC1)C2. The van der Waals surface area contributed by atoms with Crippen LogP contribution in [0.5, 0.6) is 5.75 Å². The lowest BCUT2D eigenvalue weighted by Crippen LogP contribution is -2.08. The molecule has 2 aromatic carbocycles. The van der Waals surface area contributed by atoms with Gasteiger partial charge in [-0.2, -0.15) is 5.10 Å². The molecule has 1 aliphatic heterocycles. The summed E-state index contributed by atoms with van der Waals surface area (Å²) in [5.74, 6) is 3.13. The van der Waals surface area contributed by atoms with Crippen LogP contribution in [0.15, 0.2) is 47.6 Å². The van der Waals surface area contributed by atoms with Crippen molar-refractivity contribution in [2.45, 2.75) is 25.2 Å². The van der Waals surface area contributed by atoms with Gasteiger partial charge in [-0.25, -0.2) is 4.68 Å². The van der Waals surface area contributed by atoms with Gasteiger partial charge in [0.15, 0.2) is 11.6 Å². The van der Waals surface area contributed by atoms with Crippen LogP contribution in [0.2, 0.25) is 0 Å². The molecular weight excluding hydrogens is 326 g/mol. The van der Waals surface area contributed by atoms with Crippen molar-refractivity contribution in [1.82, 2.24) is 14.9 Å². The molecule has 130 valence electrons. The topological polar surface area (TPSA) is 78.3 Å². The first-order valence-electron chi connectivity index (χ1n) is 8.79. The van der Waals surface area contributed by atoms with E-state index in [2.05, 4.69) is 16.3 Å². The number of fused-ring (bicyclic) bond motifs is 2. The van der Waals surface area contributed by atoms with E-state index in [-0.39, 0.29) is 0 Å². The summed E-state index contributed by atoms with van der Waals surface area (Å²) in [6.45, 7) is 0. The van der Waals surface area contributed by atoms with Gasteiger partial charge < -0.3 is 10.5 Å². The largest absolute Gasteiger partial charge is 0.497 e. The van der Waals surface area contributed by atoms with Crippen LogP contribution < -0.4 is 10.5 Å². The van der Waals surface area contributed by atoms with E-state index in [9.17, 15) is 0 Å². The van der Waals surface area contributed by atoms with Crippen LogP contribution in [0, 0.1) is 0 Å². The van der Waals surface area contributed by atoms with Crippen LogP contribution >= 0.6 is 0 Å². The van der Waals surface area contributed by atoms with Crippen LogP contribution in [0.3, 0.4) is 0 Å². The molecule has 6 heteroatoms. The van der Waals surface area contributed by atoms with E-state index in [1.54, 1.807) is 7.11 Å². The van der Waals surface area contributed by atoms with Crippen molar-refractivity contribution in [3.8, 4) is 5.75 Å². The predicted octanol–water partition coefficient (Wildman–Crippen LogP) is 2.95. The van der Waals surface area contributed by atoms with Gasteiger partial charge in [0, 0.05) is 29.2 Å². The zero-order valence-electron chi connectivity index (χ0n) is 14.5. The van der Waals surface area contributed by atoms with E-state index >= 15 is 0 Å². The fourth-order valence-corrected chi connectivity index (χ4v) is 3.38. The molecule has 0 amide bonds. The van der Waals surface area contributed by atoms with E-state index < -0.39 is 0 Å². The molecule has 2 aliphatic rings. The Morgan fingerprint density at radius 2 is 1.88 bits per heavy atom. The number of methoxy groups -OCH3 is 1. The van der Waals surface area contributed by atoms with E-state index in [4.69, 9.17) is 15.6 Å². The fraction of sp³-hybridized carbons (Fsp3) is 0.250. The number of hydrogen-bond donors (Lipinski definition) is 1. The third-order valence-corrected chi connectivity index (χ3v) is 4.98. The summed E-state index contributed by atoms with van der Waals surface area (Å²) < 4.78 is 7.39. The zero-order valence-corrected chi connectivity index (χ0v) is 14.5. The van der Waals surface area contributed by atoms with Crippen molar-refractivity contribution < 1.29 is 4.74 Å². The average molecular weight is 345 g/mol. The first kappa shape index (κ1) is 15.1. The van der Waals surface area contributed by atoms with E-state index in [0.717, 1.165) is 58.3 Å². The Kier molecular flexibility index (Phi) is 3.31. The van der Waals surface area contributed by atoms with Crippen LogP contribution in [0.1, 0.15) is 47.1 Å². The van der Waals surface area contributed by atoms with Gasteiger partial charge in [0.2, 0.25) is 0 Å². The van der Waals surface area contributed by atoms with Crippen molar-refractivity contribution in [2.24, 2.45) is 5.10 Å². The molecule has 1 fully saturated rings. The maximum Gasteiger partial charge on any atom is 0.159 e. The first-order chi connectivity index (χ1) is 12.7. The first-order valence-corrected chi connectivity index (χ1v) is 8.79. The Balaban J connectivity index is 1.75. The second kappa shape index (κ2) is 5.69. The molecule has 6 nitrogen and oxygen atoms in total. The van der Waals surface area contributed by atoms with E-state index in [1.165, 1.54) is 0 Å². The number of aromatic nitrogens is 3. The molecule has 0 spiro atoms. The maximum absolute atomic E-state index is 5.87. The third kappa shape index (κ3) is 2.45. The smallest absolute Gasteiger partial charge is 0.159 e. The Morgan fingerprint density at radius 1 is 1.08 bits per heavy atom. The Morgan fingerprint density at radius 3 is 2.62 bits per heavy atom. The Labute approximate surface area is 151 Å². The van der Waals surface area contributed by atoms with Gasteiger partial charge in [-0.05, 0) is 42.7 Å². The maximum atomic E-state index is 5.87. The molecule has 1 aromatic heterocycles. The summed E-state index contributed by atoms with van der Waals surface area (Å²) in [5.41, 5.74) is 10.7. The van der Waals surface area contributed by atoms with Gasteiger partial charge in [0.1, 0.15) is 5.75 Å². The molecule has 1 aliphatic carbocycles. The number of nitrogens with two attached hydrogens (primary N) is 1. The monoisotopic (exact) mass is 345 g/mol. The molecule has 0 saturated heterocycles. The minimum Gasteiger partial charge on any atom is -0.497 e. The Bertz CT molecular complexity index is 1020. The second-order valence-electron chi connectivity index (χ2n) is 6.83. The summed E-state index contributed by atoms with van der Waals surface area (Å²) in [4.78, 5) is 0. The zero-order chi connectivity index (χ0) is 17.7. The quantitative estimate of drug-likeness (QED) is 0.579. The lowest BCUT2D eigenvalue weighted by atomic mass is 9.95. The number of anilines is 1. The molecule has 0 atom stereocenters. The summed E-state index contributed by atoms with van der Waals surface area (Å²) in [6, 6.07) is 13.9. The number of benzene rings is 2. The summed E-state index contributed by atoms with van der Waals surface area (Å²) >= 11 is 0. The van der Waals surface area contributed by atoms with Gasteiger partial charge in [-0.1, -0.05) is 18.2 Å². The number of hydrogen-bond acceptors (Lipinski definition) is 5. The standard InChI is InChI=1S/C20H19N5O/c1-26-16-9-6-14-10-18-22-23-20(13-2-3-13)25(18)24-19(17(14)11-16)12-4-7-15(21)8-5-12/h4-9,11,13H,2-3,10,21H2,1H3. The van der Waals surface area contributed by atoms with Gasteiger partial charge in [0.05, 0.1) is 12.8 Å². The molecule has 0 unspecified atom stereocenters. The van der Waals surface area contributed by atoms with Crippen LogP contribution in [0.25, 0.3) is 0 Å². The summed E-state index contributed by atoms with van der Waals surface area (Å²) in [5, 5.41) is 13.8. The predicted molar refractivity (Wildman–Crippen MR) is 99.7 cm³/mol. The fourth-order valence-electron chi connectivity index (χ4n) is 3.38. The van der Waals surface area contributed by atoms with Crippen molar-refractivity contribution in [3.63, 3.8) is 0 Å². The minimum absolute atomic E-state index is 0.475. The molecule has 2 heterocycles. The van der Waals surface area contributed by atoms with Gasteiger partial charge >= 0.3 is 0 Å². The highest BCUT2D eigenvalue weighted by atomic mass is 16.5. The normalized spacial score (nSPS) is 15.7. The van der Waals surface area contributed by atoms with Crippen molar-refractivity contribution in [3.05, 3.63) is 70.8 Å². The second-order valence-corrected chi connectivity index (χ2v) is 6.83. The summed E-state index contributed by atoms with van der Waals surface area (Å²) in [6.07, 6.45) is 3.01. The molecule has 3 aromatic rings. The molecule has 0 bridgehead atoms. The molecular formula is C20H19N5O. The van der Waals surface area contributed by atoms with Crippen LogP contribution in [0.4, 0.5) is 5.69 Å². The molecule has 0 radical (unpaired) electrons. The Hall–Kier alpha value is -3.15. The number of ether oxygens (including phenoxy) is 1. The van der Waals surface area contributed by atoms with Gasteiger partial charge in [0.25, 0.3) is 0 Å².